The van der Waals surface area contributed by atoms with Gasteiger partial charge in [0, 0.05) is 30.2 Å². The van der Waals surface area contributed by atoms with Gasteiger partial charge in [-0.3, -0.25) is 9.59 Å². The van der Waals surface area contributed by atoms with Crippen molar-refractivity contribution in [2.24, 2.45) is 11.8 Å². The van der Waals surface area contributed by atoms with Crippen LogP contribution in [0.25, 0.3) is 27.7 Å². The Kier molecular flexibility index (Phi) is 9.35. The minimum Gasteiger partial charge on any atom is -0.339 e. The van der Waals surface area contributed by atoms with Gasteiger partial charge in [-0.1, -0.05) is 45.7 Å². The molecule has 7 nitrogen and oxygen atoms in total. The maximum absolute atomic E-state index is 13.9. The fourth-order valence-electron chi connectivity index (χ4n) is 5.90. The second kappa shape index (κ2) is 13.0. The minimum absolute atomic E-state index is 0.0515. The van der Waals surface area contributed by atoms with Crippen LogP contribution in [0, 0.1) is 11.8 Å². The number of nitrogens with zero attached hydrogens (tertiary/aromatic N) is 5. The number of fused-ring (bicyclic) bond motifs is 4. The van der Waals surface area contributed by atoms with E-state index in [0.29, 0.717) is 45.6 Å². The third-order valence-corrected chi connectivity index (χ3v) is 8.59. The number of amides is 1. The number of piperidine rings is 1. The van der Waals surface area contributed by atoms with Gasteiger partial charge in [0.2, 0.25) is 5.78 Å². The molecule has 8 heteroatoms. The Balaban J connectivity index is 1.57. The summed E-state index contributed by atoms with van der Waals surface area (Å²) in [6.45, 7) is 14.3. The third-order valence-electron chi connectivity index (χ3n) is 8.35. The Labute approximate surface area is 248 Å². The summed E-state index contributed by atoms with van der Waals surface area (Å²) in [5, 5.41) is 1.09. The van der Waals surface area contributed by atoms with Gasteiger partial charge < -0.3 is 14.4 Å². The molecule has 41 heavy (non-hydrogen) atoms. The molecule has 0 N–H and O–H groups in total. The van der Waals surface area contributed by atoms with E-state index in [1.807, 2.05) is 23.1 Å². The lowest BCUT2D eigenvalue weighted by molar-refractivity contribution is 0.0741. The molecule has 220 valence electrons. The number of aryl methyl sites for hydroxylation is 1. The van der Waals surface area contributed by atoms with Crippen LogP contribution < -0.4 is 5.56 Å². The third kappa shape index (κ3) is 6.62. The van der Waals surface area contributed by atoms with Crippen molar-refractivity contribution in [1.29, 1.82) is 0 Å². The van der Waals surface area contributed by atoms with Crippen LogP contribution in [0.2, 0.25) is 5.02 Å². The number of aromatic nitrogens is 3. The van der Waals surface area contributed by atoms with Crippen LogP contribution in [-0.2, 0) is 6.54 Å². The molecule has 0 aliphatic carbocycles. The summed E-state index contributed by atoms with van der Waals surface area (Å²) < 4.78 is 3.83. The average Bonchev–Trinajstić information content (AvgIpc) is 3.25. The quantitative estimate of drug-likeness (QED) is 0.195. The van der Waals surface area contributed by atoms with E-state index in [4.69, 9.17) is 16.6 Å². The van der Waals surface area contributed by atoms with E-state index >= 15 is 0 Å². The first-order valence-electron chi connectivity index (χ1n) is 15.4. The van der Waals surface area contributed by atoms with Crippen molar-refractivity contribution < 1.29 is 4.79 Å². The van der Waals surface area contributed by atoms with Crippen LogP contribution in [0.1, 0.15) is 76.6 Å². The smallest absolute Gasteiger partial charge is 0.267 e. The molecule has 0 saturated carbocycles. The standard InChI is InChI=1S/C33H44ClN5O2/c1-23(2)13-19-37(20-14-24(3)4)31(40)25-9-12-29-30(21-25)38(18-8-17-36-15-6-5-7-16-36)33-35-28-22-26(34)10-11-27(28)32(41)39(29)33/h9-12,21-24H,5-8,13-20H2,1-4H3. The average molecular weight is 578 g/mol. The van der Waals surface area contributed by atoms with E-state index in [-0.39, 0.29) is 11.5 Å². The zero-order valence-electron chi connectivity index (χ0n) is 25.0. The fourth-order valence-corrected chi connectivity index (χ4v) is 6.06. The Morgan fingerprint density at radius 2 is 1.63 bits per heavy atom. The molecule has 0 radical (unpaired) electrons. The number of imidazole rings is 1. The van der Waals surface area contributed by atoms with Crippen LogP contribution in [-0.4, -0.2) is 62.4 Å². The first-order valence-corrected chi connectivity index (χ1v) is 15.8. The van der Waals surface area contributed by atoms with Gasteiger partial charge in [-0.25, -0.2) is 9.38 Å². The molecule has 0 atom stereocenters. The number of halogens is 1. The highest BCUT2D eigenvalue weighted by atomic mass is 35.5. The molecule has 1 saturated heterocycles. The molecular formula is C33H44ClN5O2. The lowest BCUT2D eigenvalue weighted by Gasteiger charge is -2.26. The van der Waals surface area contributed by atoms with Crippen molar-refractivity contribution in [1.82, 2.24) is 23.8 Å². The summed E-state index contributed by atoms with van der Waals surface area (Å²) in [6.07, 6.45) is 6.71. The van der Waals surface area contributed by atoms with Crippen LogP contribution in [0.4, 0.5) is 0 Å². The summed E-state index contributed by atoms with van der Waals surface area (Å²) in [7, 11) is 0. The summed E-state index contributed by atoms with van der Waals surface area (Å²) in [6, 6.07) is 11.0. The molecule has 0 bridgehead atoms. The van der Waals surface area contributed by atoms with Crippen molar-refractivity contribution >= 4 is 45.2 Å². The number of likely N-dealkylation sites (tertiary alicyclic amines) is 1. The Hall–Kier alpha value is -2.90. The van der Waals surface area contributed by atoms with E-state index in [1.165, 1.54) is 19.3 Å². The number of carbonyl (C=O) groups is 1. The van der Waals surface area contributed by atoms with Gasteiger partial charge in [-0.2, -0.15) is 0 Å². The summed E-state index contributed by atoms with van der Waals surface area (Å²) >= 11 is 6.28. The highest BCUT2D eigenvalue weighted by Gasteiger charge is 2.21. The Morgan fingerprint density at radius 3 is 2.32 bits per heavy atom. The summed E-state index contributed by atoms with van der Waals surface area (Å²) in [4.78, 5) is 37.1. The SMILES string of the molecule is CC(C)CCN(CCC(C)C)C(=O)c1ccc2c(c1)n(CCCN1CCCCC1)c1nc3cc(Cl)ccc3c(=O)n21. The summed E-state index contributed by atoms with van der Waals surface area (Å²) in [5.41, 5.74) is 2.78. The fraction of sp³-hybridized carbons (Fsp3) is 0.545. The monoisotopic (exact) mass is 577 g/mol. The van der Waals surface area contributed by atoms with Gasteiger partial charge in [0.1, 0.15) is 0 Å². The molecule has 4 aromatic rings. The topological polar surface area (TPSA) is 62.9 Å². The van der Waals surface area contributed by atoms with Crippen LogP contribution in [0.3, 0.4) is 0 Å². The van der Waals surface area contributed by atoms with Gasteiger partial charge in [0.15, 0.2) is 0 Å². The molecule has 1 fully saturated rings. The molecule has 1 aliphatic heterocycles. The van der Waals surface area contributed by atoms with Crippen molar-refractivity contribution in [3.63, 3.8) is 0 Å². The molecule has 2 aromatic heterocycles. The minimum atomic E-state index is -0.115. The molecule has 3 heterocycles. The van der Waals surface area contributed by atoms with Gasteiger partial charge in [0.25, 0.3) is 11.5 Å². The second-order valence-electron chi connectivity index (χ2n) is 12.5. The van der Waals surface area contributed by atoms with Crippen LogP contribution in [0.5, 0.6) is 0 Å². The highest BCUT2D eigenvalue weighted by molar-refractivity contribution is 6.31. The summed E-state index contributed by atoms with van der Waals surface area (Å²) in [5.74, 6) is 1.69. The predicted molar refractivity (Wildman–Crippen MR) is 169 cm³/mol. The molecule has 1 aliphatic rings. The number of benzene rings is 2. The molecule has 5 rings (SSSR count). The lowest BCUT2D eigenvalue weighted by Crippen LogP contribution is -2.34. The van der Waals surface area contributed by atoms with Gasteiger partial charge in [-0.05, 0) is 100.0 Å². The highest BCUT2D eigenvalue weighted by Crippen LogP contribution is 2.25. The van der Waals surface area contributed by atoms with E-state index in [0.717, 1.165) is 63.0 Å². The normalized spacial score (nSPS) is 14.7. The van der Waals surface area contributed by atoms with E-state index in [2.05, 4.69) is 37.2 Å². The lowest BCUT2D eigenvalue weighted by atomic mass is 10.1. The van der Waals surface area contributed by atoms with Crippen LogP contribution >= 0.6 is 11.6 Å². The second-order valence-corrected chi connectivity index (χ2v) is 12.9. The van der Waals surface area contributed by atoms with Crippen molar-refractivity contribution in [2.45, 2.75) is 72.8 Å². The number of rotatable bonds is 11. The first-order chi connectivity index (χ1) is 19.7. The molecule has 1 amide bonds. The van der Waals surface area contributed by atoms with E-state index < -0.39 is 0 Å². The van der Waals surface area contributed by atoms with E-state index in [1.54, 1.807) is 22.6 Å². The molecular weight excluding hydrogens is 534 g/mol. The number of hydrogen-bond donors (Lipinski definition) is 0. The van der Waals surface area contributed by atoms with Crippen molar-refractivity contribution in [3.05, 3.63) is 57.3 Å². The molecule has 0 unspecified atom stereocenters. The van der Waals surface area contributed by atoms with Gasteiger partial charge in [0.05, 0.1) is 21.9 Å². The Bertz CT molecular complexity index is 1570. The number of hydrogen-bond acceptors (Lipinski definition) is 4. The van der Waals surface area contributed by atoms with Gasteiger partial charge >= 0.3 is 0 Å². The van der Waals surface area contributed by atoms with Crippen LogP contribution in [0.15, 0.2) is 41.2 Å². The molecule has 2 aromatic carbocycles. The maximum atomic E-state index is 13.9. The maximum Gasteiger partial charge on any atom is 0.267 e. The van der Waals surface area contributed by atoms with E-state index in [9.17, 15) is 9.59 Å². The molecule has 0 spiro atoms. The number of carbonyl (C=O) groups excluding carboxylic acids is 1. The zero-order chi connectivity index (χ0) is 29.1. The zero-order valence-corrected chi connectivity index (χ0v) is 25.8. The van der Waals surface area contributed by atoms with Gasteiger partial charge in [-0.15, -0.1) is 0 Å². The Morgan fingerprint density at radius 1 is 0.927 bits per heavy atom. The largest absolute Gasteiger partial charge is 0.339 e. The van der Waals surface area contributed by atoms with Crippen molar-refractivity contribution in [2.75, 3.05) is 32.7 Å². The predicted octanol–water partition coefficient (Wildman–Crippen LogP) is 6.87. The first kappa shape index (κ1) is 29.6. The van der Waals surface area contributed by atoms with Crippen molar-refractivity contribution in [3.8, 4) is 0 Å².